The third kappa shape index (κ3) is 4.09. The Morgan fingerprint density at radius 3 is 1.93 bits per heavy atom. The zero-order chi connectivity index (χ0) is 11.6. The van der Waals surface area contributed by atoms with E-state index in [1.54, 1.807) is 0 Å². The number of ether oxygens (including phenoxy) is 1. The molecule has 0 aliphatic carbocycles. The number of methoxy groups -OCH3 is 1. The Morgan fingerprint density at radius 1 is 1.29 bits per heavy atom. The molecular weight excluding hydrogens is 180 g/mol. The van der Waals surface area contributed by atoms with E-state index in [9.17, 15) is 4.79 Å². The van der Waals surface area contributed by atoms with Crippen molar-refractivity contribution in [2.45, 2.75) is 47.1 Å². The van der Waals surface area contributed by atoms with Crippen LogP contribution < -0.4 is 0 Å². The maximum atomic E-state index is 10.9. The van der Waals surface area contributed by atoms with Gasteiger partial charge >= 0.3 is 5.97 Å². The Kier molecular flexibility index (Phi) is 4.13. The van der Waals surface area contributed by atoms with Crippen molar-refractivity contribution >= 4 is 5.97 Å². The minimum absolute atomic E-state index is 0.107. The Morgan fingerprint density at radius 2 is 1.71 bits per heavy atom. The molecule has 0 spiro atoms. The Bertz CT molecular complexity index is 201. The number of hydrogen-bond acceptors (Lipinski definition) is 2. The summed E-state index contributed by atoms with van der Waals surface area (Å²) < 4.78 is 5.02. The van der Waals surface area contributed by atoms with Crippen molar-refractivity contribution in [2.24, 2.45) is 10.8 Å². The molecule has 0 fully saturated rings. The van der Waals surface area contributed by atoms with Crippen molar-refractivity contribution in [1.29, 1.82) is 0 Å². The van der Waals surface area contributed by atoms with Gasteiger partial charge in [-0.1, -0.05) is 34.6 Å². The van der Waals surface area contributed by atoms with Crippen LogP contribution in [0.25, 0.3) is 0 Å². The average molecular weight is 202 g/mol. The molecule has 3 nitrogen and oxygen atoms in total. The average Bonchev–Trinajstić information content (AvgIpc) is 1.79. The van der Waals surface area contributed by atoms with Crippen LogP contribution in [0.1, 0.15) is 41.0 Å². The Hall–Kier alpha value is -0.570. The van der Waals surface area contributed by atoms with E-state index in [0.29, 0.717) is 0 Å². The molecule has 1 N–H and O–H groups in total. The van der Waals surface area contributed by atoms with E-state index in [2.05, 4.69) is 20.8 Å². The zero-order valence-electron chi connectivity index (χ0n) is 10.0. The number of aliphatic carboxylic acids is 1. The maximum Gasteiger partial charge on any atom is 0.333 e. The molecule has 1 unspecified atom stereocenters. The van der Waals surface area contributed by atoms with Gasteiger partial charge in [-0.05, 0) is 11.8 Å². The summed E-state index contributed by atoms with van der Waals surface area (Å²) in [6, 6.07) is 0. The highest BCUT2D eigenvalue weighted by Gasteiger charge is 2.38. The predicted octanol–water partition coefficient (Wildman–Crippen LogP) is 2.55. The number of carboxylic acids is 1. The first-order chi connectivity index (χ1) is 6.10. The summed E-state index contributed by atoms with van der Waals surface area (Å²) in [6.45, 7) is 10.2. The van der Waals surface area contributed by atoms with E-state index >= 15 is 0 Å². The first-order valence-corrected chi connectivity index (χ1v) is 4.86. The molecule has 0 aliphatic rings. The van der Waals surface area contributed by atoms with Crippen molar-refractivity contribution in [1.82, 2.24) is 0 Å². The summed E-state index contributed by atoms with van der Waals surface area (Å²) in [6.07, 6.45) is 0.0758. The summed E-state index contributed by atoms with van der Waals surface area (Å²) in [5.41, 5.74) is -0.242. The highest BCUT2D eigenvalue weighted by atomic mass is 16.5. The van der Waals surface area contributed by atoms with Crippen LogP contribution in [0.5, 0.6) is 0 Å². The number of rotatable bonds is 4. The molecule has 14 heavy (non-hydrogen) atoms. The molecule has 0 bridgehead atoms. The van der Waals surface area contributed by atoms with Crippen molar-refractivity contribution < 1.29 is 14.6 Å². The van der Waals surface area contributed by atoms with Crippen LogP contribution in [-0.2, 0) is 9.53 Å². The highest BCUT2D eigenvalue weighted by molar-refractivity contribution is 5.73. The second-order valence-electron chi connectivity index (χ2n) is 5.68. The quantitative estimate of drug-likeness (QED) is 0.762. The lowest BCUT2D eigenvalue weighted by atomic mass is 9.73. The third-order valence-electron chi connectivity index (χ3n) is 2.16. The summed E-state index contributed by atoms with van der Waals surface area (Å²) in [5, 5.41) is 8.98. The second kappa shape index (κ2) is 4.30. The highest BCUT2D eigenvalue weighted by Crippen LogP contribution is 2.36. The topological polar surface area (TPSA) is 46.5 Å². The molecule has 0 aromatic heterocycles. The van der Waals surface area contributed by atoms with Gasteiger partial charge in [-0.3, -0.25) is 0 Å². The Balaban J connectivity index is 4.65. The molecule has 0 amide bonds. The van der Waals surface area contributed by atoms with E-state index in [1.807, 2.05) is 13.8 Å². The fraction of sp³-hybridized carbons (Fsp3) is 0.909. The monoisotopic (exact) mass is 202 g/mol. The van der Waals surface area contributed by atoms with Crippen LogP contribution in [0.2, 0.25) is 0 Å². The molecule has 0 saturated carbocycles. The summed E-state index contributed by atoms with van der Waals surface area (Å²) in [7, 11) is 1.45. The van der Waals surface area contributed by atoms with E-state index in [0.717, 1.165) is 6.42 Å². The lowest BCUT2D eigenvalue weighted by molar-refractivity contribution is -0.157. The fourth-order valence-electron chi connectivity index (χ4n) is 2.21. The lowest BCUT2D eigenvalue weighted by Gasteiger charge is -2.35. The van der Waals surface area contributed by atoms with Gasteiger partial charge in [0.25, 0.3) is 0 Å². The van der Waals surface area contributed by atoms with Crippen LogP contribution in [-0.4, -0.2) is 24.3 Å². The molecule has 3 heteroatoms. The largest absolute Gasteiger partial charge is 0.479 e. The van der Waals surface area contributed by atoms with E-state index < -0.39 is 12.1 Å². The molecule has 0 radical (unpaired) electrons. The third-order valence-corrected chi connectivity index (χ3v) is 2.16. The zero-order valence-corrected chi connectivity index (χ0v) is 10.0. The van der Waals surface area contributed by atoms with Crippen molar-refractivity contribution in [3.05, 3.63) is 0 Å². The second-order valence-corrected chi connectivity index (χ2v) is 5.68. The minimum atomic E-state index is -0.887. The van der Waals surface area contributed by atoms with Gasteiger partial charge in [0.15, 0.2) is 6.10 Å². The standard InChI is InChI=1S/C11H22O3/c1-10(2,3)7-11(4,5)8(14-6)9(12)13/h8H,7H2,1-6H3,(H,12,13). The van der Waals surface area contributed by atoms with Crippen LogP contribution >= 0.6 is 0 Å². The maximum absolute atomic E-state index is 10.9. The number of carboxylic acid groups (broad SMARTS) is 1. The van der Waals surface area contributed by atoms with Gasteiger partial charge in [0.2, 0.25) is 0 Å². The van der Waals surface area contributed by atoms with E-state index in [4.69, 9.17) is 9.84 Å². The van der Waals surface area contributed by atoms with Gasteiger partial charge in [0, 0.05) is 12.5 Å². The van der Waals surface area contributed by atoms with E-state index in [1.165, 1.54) is 7.11 Å². The summed E-state index contributed by atoms with van der Waals surface area (Å²) in [4.78, 5) is 10.9. The molecule has 0 heterocycles. The first kappa shape index (κ1) is 13.4. The number of hydrogen-bond donors (Lipinski definition) is 1. The smallest absolute Gasteiger partial charge is 0.333 e. The van der Waals surface area contributed by atoms with Crippen LogP contribution in [0.4, 0.5) is 0 Å². The number of carbonyl (C=O) groups is 1. The van der Waals surface area contributed by atoms with Crippen molar-refractivity contribution in [3.8, 4) is 0 Å². The Labute approximate surface area is 86.5 Å². The lowest BCUT2D eigenvalue weighted by Crippen LogP contribution is -2.40. The van der Waals surface area contributed by atoms with Crippen LogP contribution in [0.3, 0.4) is 0 Å². The molecule has 0 rings (SSSR count). The van der Waals surface area contributed by atoms with E-state index in [-0.39, 0.29) is 10.8 Å². The SMILES string of the molecule is COC(C(=O)O)C(C)(C)CC(C)(C)C. The van der Waals surface area contributed by atoms with Gasteiger partial charge < -0.3 is 9.84 Å². The molecule has 0 saturated heterocycles. The van der Waals surface area contributed by atoms with Gasteiger partial charge in [0.05, 0.1) is 0 Å². The molecule has 0 aromatic carbocycles. The molecule has 84 valence electrons. The molecular formula is C11H22O3. The van der Waals surface area contributed by atoms with Gasteiger partial charge in [-0.2, -0.15) is 0 Å². The summed E-state index contributed by atoms with van der Waals surface area (Å²) >= 11 is 0. The first-order valence-electron chi connectivity index (χ1n) is 4.86. The van der Waals surface area contributed by atoms with Crippen molar-refractivity contribution in [2.75, 3.05) is 7.11 Å². The summed E-state index contributed by atoms with van der Waals surface area (Å²) in [5.74, 6) is -0.887. The van der Waals surface area contributed by atoms with Gasteiger partial charge in [-0.15, -0.1) is 0 Å². The minimum Gasteiger partial charge on any atom is -0.479 e. The molecule has 0 aliphatic heterocycles. The van der Waals surface area contributed by atoms with Gasteiger partial charge in [-0.25, -0.2) is 4.79 Å². The van der Waals surface area contributed by atoms with Gasteiger partial charge in [0.1, 0.15) is 0 Å². The van der Waals surface area contributed by atoms with Crippen LogP contribution in [0, 0.1) is 10.8 Å². The van der Waals surface area contributed by atoms with Crippen molar-refractivity contribution in [3.63, 3.8) is 0 Å². The fourth-order valence-corrected chi connectivity index (χ4v) is 2.21. The van der Waals surface area contributed by atoms with Crippen LogP contribution in [0.15, 0.2) is 0 Å². The molecule has 0 aromatic rings. The normalized spacial score (nSPS) is 15.3. The molecule has 1 atom stereocenters. The predicted molar refractivity (Wildman–Crippen MR) is 56.3 cm³/mol.